The van der Waals surface area contributed by atoms with E-state index in [1.165, 1.54) is 0 Å². The fourth-order valence-electron chi connectivity index (χ4n) is 3.49. The largest absolute Gasteiger partial charge is 0.337 e. The molecule has 1 aliphatic rings. The van der Waals surface area contributed by atoms with E-state index in [0.29, 0.717) is 18.5 Å². The molecule has 3 rings (SSSR count). The van der Waals surface area contributed by atoms with Crippen LogP contribution in [0.5, 0.6) is 0 Å². The summed E-state index contributed by atoms with van der Waals surface area (Å²) in [6, 6.07) is 20.0. The smallest absolute Gasteiger partial charge is 0.246 e. The van der Waals surface area contributed by atoms with Crippen LogP contribution in [0.3, 0.4) is 0 Å². The minimum Gasteiger partial charge on any atom is -0.337 e. The predicted molar refractivity (Wildman–Crippen MR) is 107 cm³/mol. The zero-order chi connectivity index (χ0) is 19.8. The third-order valence-corrected chi connectivity index (χ3v) is 4.95. The third-order valence-electron chi connectivity index (χ3n) is 4.95. The number of hydrogen-bond acceptors (Lipinski definition) is 4. The van der Waals surface area contributed by atoms with E-state index < -0.39 is 11.6 Å². The molecule has 1 atom stereocenters. The SMILES string of the molecule is N#CC1(NC(=O)CN[C@H](C(=O)Nc2ccccc2)c2ccccc2)CCCC1. The Hall–Kier alpha value is -3.17. The van der Waals surface area contributed by atoms with Gasteiger partial charge in [-0.15, -0.1) is 0 Å². The van der Waals surface area contributed by atoms with Crippen LogP contribution in [0.25, 0.3) is 0 Å². The van der Waals surface area contributed by atoms with Gasteiger partial charge in [-0.25, -0.2) is 0 Å². The van der Waals surface area contributed by atoms with Gasteiger partial charge in [-0.3, -0.25) is 14.9 Å². The van der Waals surface area contributed by atoms with Crippen LogP contribution < -0.4 is 16.0 Å². The highest BCUT2D eigenvalue weighted by Crippen LogP contribution is 2.28. The van der Waals surface area contributed by atoms with Crippen LogP contribution in [0.1, 0.15) is 37.3 Å². The molecule has 2 amide bonds. The molecule has 2 aromatic carbocycles. The summed E-state index contributed by atoms with van der Waals surface area (Å²) in [5.74, 6) is -0.530. The molecule has 0 radical (unpaired) electrons. The van der Waals surface area contributed by atoms with Crippen molar-refractivity contribution in [2.75, 3.05) is 11.9 Å². The molecule has 144 valence electrons. The Morgan fingerprint density at radius 2 is 1.61 bits per heavy atom. The summed E-state index contributed by atoms with van der Waals surface area (Å²) in [5, 5.41) is 18.2. The average molecular weight is 376 g/mol. The van der Waals surface area contributed by atoms with Crippen molar-refractivity contribution in [2.24, 2.45) is 0 Å². The molecule has 0 spiro atoms. The number of rotatable bonds is 7. The molecule has 0 aromatic heterocycles. The summed E-state index contributed by atoms with van der Waals surface area (Å²) >= 11 is 0. The monoisotopic (exact) mass is 376 g/mol. The Morgan fingerprint density at radius 1 is 1.00 bits per heavy atom. The second-order valence-electron chi connectivity index (χ2n) is 7.03. The molecule has 3 N–H and O–H groups in total. The number of amides is 2. The zero-order valence-corrected chi connectivity index (χ0v) is 15.7. The molecule has 6 nitrogen and oxygen atoms in total. The van der Waals surface area contributed by atoms with Crippen molar-refractivity contribution in [2.45, 2.75) is 37.3 Å². The van der Waals surface area contributed by atoms with Crippen LogP contribution in [-0.2, 0) is 9.59 Å². The molecule has 1 saturated carbocycles. The number of benzene rings is 2. The van der Waals surface area contributed by atoms with Gasteiger partial charge in [-0.2, -0.15) is 5.26 Å². The van der Waals surface area contributed by atoms with Crippen molar-refractivity contribution < 1.29 is 9.59 Å². The Balaban J connectivity index is 1.67. The zero-order valence-electron chi connectivity index (χ0n) is 15.7. The van der Waals surface area contributed by atoms with Gasteiger partial charge in [0.1, 0.15) is 11.6 Å². The lowest BCUT2D eigenvalue weighted by atomic mass is 10.00. The lowest BCUT2D eigenvalue weighted by Crippen LogP contribution is -2.49. The number of carbonyl (C=O) groups is 2. The van der Waals surface area contributed by atoms with E-state index in [4.69, 9.17) is 0 Å². The molecule has 1 aliphatic carbocycles. The van der Waals surface area contributed by atoms with Crippen molar-refractivity contribution in [1.82, 2.24) is 10.6 Å². The molecule has 0 unspecified atom stereocenters. The van der Waals surface area contributed by atoms with Crippen LogP contribution >= 0.6 is 0 Å². The maximum Gasteiger partial charge on any atom is 0.246 e. The minimum atomic E-state index is -0.771. The first-order chi connectivity index (χ1) is 13.6. The van der Waals surface area contributed by atoms with Gasteiger partial charge in [0.15, 0.2) is 0 Å². The van der Waals surface area contributed by atoms with Gasteiger partial charge in [-0.1, -0.05) is 48.5 Å². The fraction of sp³-hybridized carbons (Fsp3) is 0.318. The Morgan fingerprint density at radius 3 is 2.21 bits per heavy atom. The summed E-state index contributed by atoms with van der Waals surface area (Å²) in [6.07, 6.45) is 3.22. The summed E-state index contributed by atoms with van der Waals surface area (Å²) in [7, 11) is 0. The maximum atomic E-state index is 12.8. The number of nitriles is 1. The van der Waals surface area contributed by atoms with E-state index in [9.17, 15) is 14.9 Å². The van der Waals surface area contributed by atoms with E-state index in [1.54, 1.807) is 0 Å². The highest BCUT2D eigenvalue weighted by atomic mass is 16.2. The Kier molecular flexibility index (Phi) is 6.41. The van der Waals surface area contributed by atoms with Gasteiger partial charge in [0.2, 0.25) is 11.8 Å². The second-order valence-corrected chi connectivity index (χ2v) is 7.03. The molecule has 0 bridgehead atoms. The van der Waals surface area contributed by atoms with Crippen LogP contribution in [0, 0.1) is 11.3 Å². The first-order valence-corrected chi connectivity index (χ1v) is 9.48. The normalized spacial score (nSPS) is 16.0. The van der Waals surface area contributed by atoms with E-state index in [1.807, 2.05) is 60.7 Å². The predicted octanol–water partition coefficient (Wildman–Crippen LogP) is 2.91. The maximum absolute atomic E-state index is 12.8. The van der Waals surface area contributed by atoms with Gasteiger partial charge in [0.05, 0.1) is 12.6 Å². The highest BCUT2D eigenvalue weighted by molar-refractivity contribution is 5.96. The van der Waals surface area contributed by atoms with Gasteiger partial charge in [0, 0.05) is 5.69 Å². The van der Waals surface area contributed by atoms with Gasteiger partial charge in [-0.05, 0) is 43.4 Å². The topological polar surface area (TPSA) is 94.0 Å². The molecule has 0 heterocycles. The average Bonchev–Trinajstić information content (AvgIpc) is 3.18. The molecule has 2 aromatic rings. The molecular weight excluding hydrogens is 352 g/mol. The third kappa shape index (κ3) is 4.96. The second kappa shape index (κ2) is 9.16. The summed E-state index contributed by atoms with van der Waals surface area (Å²) < 4.78 is 0. The van der Waals surface area contributed by atoms with Crippen LogP contribution in [0.15, 0.2) is 60.7 Å². The lowest BCUT2D eigenvalue weighted by molar-refractivity contribution is -0.122. The van der Waals surface area contributed by atoms with Gasteiger partial charge >= 0.3 is 0 Å². The fourth-order valence-corrected chi connectivity index (χ4v) is 3.49. The first kappa shape index (κ1) is 19.6. The summed E-state index contributed by atoms with van der Waals surface area (Å²) in [6.45, 7) is -0.0504. The van der Waals surface area contributed by atoms with Crippen molar-refractivity contribution in [1.29, 1.82) is 5.26 Å². The lowest BCUT2D eigenvalue weighted by Gasteiger charge is -2.23. The Labute approximate surface area is 164 Å². The summed E-state index contributed by atoms with van der Waals surface area (Å²) in [4.78, 5) is 25.3. The Bertz CT molecular complexity index is 840. The molecular formula is C22H24N4O2. The van der Waals surface area contributed by atoms with Gasteiger partial charge < -0.3 is 10.6 Å². The number of nitrogens with one attached hydrogen (secondary N) is 3. The van der Waals surface area contributed by atoms with Crippen LogP contribution in [-0.4, -0.2) is 23.9 Å². The van der Waals surface area contributed by atoms with Crippen molar-refractivity contribution in [3.8, 4) is 6.07 Å². The number of carbonyl (C=O) groups excluding carboxylic acids is 2. The van der Waals surface area contributed by atoms with E-state index in [0.717, 1.165) is 18.4 Å². The molecule has 28 heavy (non-hydrogen) atoms. The van der Waals surface area contributed by atoms with Crippen molar-refractivity contribution in [3.63, 3.8) is 0 Å². The van der Waals surface area contributed by atoms with E-state index in [2.05, 4.69) is 22.0 Å². The quantitative estimate of drug-likeness (QED) is 0.693. The minimum absolute atomic E-state index is 0.0504. The molecule has 0 saturated heterocycles. The van der Waals surface area contributed by atoms with Crippen molar-refractivity contribution in [3.05, 3.63) is 66.2 Å². The number of hydrogen-bond donors (Lipinski definition) is 3. The van der Waals surface area contributed by atoms with Crippen molar-refractivity contribution >= 4 is 17.5 Å². The highest BCUT2D eigenvalue weighted by Gasteiger charge is 2.35. The van der Waals surface area contributed by atoms with Crippen LogP contribution in [0.2, 0.25) is 0 Å². The molecule has 6 heteroatoms. The molecule has 0 aliphatic heterocycles. The number of para-hydroxylation sites is 1. The standard InChI is InChI=1S/C22H24N4O2/c23-16-22(13-7-8-14-22)26-19(27)15-24-20(17-9-3-1-4-10-17)21(28)25-18-11-5-2-6-12-18/h1-6,9-12,20,24H,7-8,13-15H2,(H,25,28)(H,26,27)/t20-/m0/s1. The van der Waals surface area contributed by atoms with Gasteiger partial charge in [0.25, 0.3) is 0 Å². The van der Waals surface area contributed by atoms with E-state index >= 15 is 0 Å². The van der Waals surface area contributed by atoms with E-state index in [-0.39, 0.29) is 18.4 Å². The van der Waals surface area contributed by atoms with Crippen LogP contribution in [0.4, 0.5) is 5.69 Å². The molecule has 1 fully saturated rings. The number of nitrogens with zero attached hydrogens (tertiary/aromatic N) is 1. The first-order valence-electron chi connectivity index (χ1n) is 9.48. The number of anilines is 1. The summed E-state index contributed by atoms with van der Waals surface area (Å²) in [5.41, 5.74) is 0.682.